The number of benzene rings is 2. The van der Waals surface area contributed by atoms with E-state index in [9.17, 15) is 9.59 Å². The maximum atomic E-state index is 12.5. The van der Waals surface area contributed by atoms with Crippen LogP contribution in [0.15, 0.2) is 67.0 Å². The first-order valence-corrected chi connectivity index (χ1v) is 9.27. The number of nitrogens with one attached hydrogen (secondary N) is 1. The monoisotopic (exact) mass is 376 g/mol. The van der Waals surface area contributed by atoms with E-state index >= 15 is 0 Å². The van der Waals surface area contributed by atoms with E-state index in [0.717, 1.165) is 11.1 Å². The van der Waals surface area contributed by atoms with E-state index in [2.05, 4.69) is 10.4 Å². The minimum Gasteiger partial charge on any atom is -0.339 e. The summed E-state index contributed by atoms with van der Waals surface area (Å²) in [6.45, 7) is 5.35. The molecule has 0 saturated carbocycles. The number of aromatic nitrogens is 2. The molecule has 1 heterocycles. The van der Waals surface area contributed by atoms with Crippen molar-refractivity contribution in [2.45, 2.75) is 26.9 Å². The number of nitrogens with zero attached hydrogens (tertiary/aromatic N) is 3. The van der Waals surface area contributed by atoms with Crippen molar-refractivity contribution in [3.63, 3.8) is 0 Å². The van der Waals surface area contributed by atoms with E-state index in [1.165, 1.54) is 0 Å². The number of carbonyl (C=O) groups excluding carboxylic acids is 2. The van der Waals surface area contributed by atoms with Gasteiger partial charge in [0.15, 0.2) is 0 Å². The highest BCUT2D eigenvalue weighted by atomic mass is 16.2. The Morgan fingerprint density at radius 1 is 1.07 bits per heavy atom. The number of anilines is 1. The molecule has 3 aromatic rings. The van der Waals surface area contributed by atoms with Gasteiger partial charge in [-0.25, -0.2) is 0 Å². The van der Waals surface area contributed by atoms with Gasteiger partial charge in [-0.2, -0.15) is 5.10 Å². The molecule has 0 unspecified atom stereocenters. The molecule has 0 saturated heterocycles. The lowest BCUT2D eigenvalue weighted by molar-refractivity contribution is -0.129. The van der Waals surface area contributed by atoms with Crippen LogP contribution in [0.25, 0.3) is 0 Å². The van der Waals surface area contributed by atoms with Crippen LogP contribution < -0.4 is 5.32 Å². The lowest BCUT2D eigenvalue weighted by Crippen LogP contribution is -2.27. The molecule has 0 aliphatic rings. The smallest absolute Gasteiger partial charge is 0.255 e. The van der Waals surface area contributed by atoms with Crippen molar-refractivity contribution in [2.24, 2.45) is 0 Å². The van der Waals surface area contributed by atoms with E-state index in [4.69, 9.17) is 0 Å². The topological polar surface area (TPSA) is 67.2 Å². The molecule has 0 radical (unpaired) electrons. The SMILES string of the molecule is CCN(Cc1cccc(NC(=O)c2ccc(Cn3cccn3)cc2)c1)C(C)=O. The van der Waals surface area contributed by atoms with Crippen LogP contribution in [0.2, 0.25) is 0 Å². The van der Waals surface area contributed by atoms with Crippen molar-refractivity contribution < 1.29 is 9.59 Å². The van der Waals surface area contributed by atoms with Crippen LogP contribution in [-0.2, 0) is 17.9 Å². The first-order valence-electron chi connectivity index (χ1n) is 9.27. The standard InChI is InChI=1S/C22H24N4O2/c1-3-25(17(2)27)15-19-6-4-7-21(14-19)24-22(28)20-10-8-18(9-11-20)16-26-13-5-12-23-26/h4-14H,3,15-16H2,1-2H3,(H,24,28). The average Bonchev–Trinajstić information content (AvgIpc) is 3.19. The molecule has 0 atom stereocenters. The van der Waals surface area contributed by atoms with Gasteiger partial charge in [0.2, 0.25) is 5.91 Å². The van der Waals surface area contributed by atoms with Gasteiger partial charge in [0.25, 0.3) is 5.91 Å². The van der Waals surface area contributed by atoms with E-state index < -0.39 is 0 Å². The molecule has 6 heteroatoms. The third-order valence-corrected chi connectivity index (χ3v) is 4.51. The van der Waals surface area contributed by atoms with Gasteiger partial charge < -0.3 is 10.2 Å². The summed E-state index contributed by atoms with van der Waals surface area (Å²) in [7, 11) is 0. The summed E-state index contributed by atoms with van der Waals surface area (Å²) in [5.74, 6) is -0.131. The van der Waals surface area contributed by atoms with E-state index in [1.807, 2.05) is 72.4 Å². The molecular formula is C22H24N4O2. The number of carbonyl (C=O) groups is 2. The Balaban J connectivity index is 1.64. The summed E-state index contributed by atoms with van der Waals surface area (Å²) in [5, 5.41) is 7.11. The fourth-order valence-corrected chi connectivity index (χ4v) is 2.96. The second-order valence-corrected chi connectivity index (χ2v) is 6.59. The predicted molar refractivity (Wildman–Crippen MR) is 109 cm³/mol. The van der Waals surface area contributed by atoms with Crippen molar-refractivity contribution in [3.8, 4) is 0 Å². The third kappa shape index (κ3) is 5.07. The molecule has 144 valence electrons. The molecule has 0 fully saturated rings. The van der Waals surface area contributed by atoms with Crippen LogP contribution >= 0.6 is 0 Å². The highest BCUT2D eigenvalue weighted by molar-refractivity contribution is 6.04. The maximum Gasteiger partial charge on any atom is 0.255 e. The summed E-state index contributed by atoms with van der Waals surface area (Å²) >= 11 is 0. The fraction of sp³-hybridized carbons (Fsp3) is 0.227. The van der Waals surface area contributed by atoms with Gasteiger partial charge >= 0.3 is 0 Å². The minimum absolute atomic E-state index is 0.0344. The van der Waals surface area contributed by atoms with Gasteiger partial charge in [0.05, 0.1) is 6.54 Å². The van der Waals surface area contributed by atoms with Crippen LogP contribution in [0, 0.1) is 0 Å². The quantitative estimate of drug-likeness (QED) is 0.686. The Kier molecular flexibility index (Phi) is 6.22. The van der Waals surface area contributed by atoms with Gasteiger partial charge in [-0.3, -0.25) is 14.3 Å². The van der Waals surface area contributed by atoms with Crippen molar-refractivity contribution in [1.29, 1.82) is 0 Å². The Hall–Kier alpha value is -3.41. The molecule has 6 nitrogen and oxygen atoms in total. The Labute approximate surface area is 164 Å². The van der Waals surface area contributed by atoms with Crippen LogP contribution in [0.3, 0.4) is 0 Å². The van der Waals surface area contributed by atoms with Gasteiger partial charge in [0, 0.05) is 43.7 Å². The lowest BCUT2D eigenvalue weighted by atomic mass is 10.1. The molecule has 2 amide bonds. The highest BCUT2D eigenvalue weighted by Crippen LogP contribution is 2.15. The van der Waals surface area contributed by atoms with E-state index in [-0.39, 0.29) is 11.8 Å². The van der Waals surface area contributed by atoms with Crippen LogP contribution in [0.5, 0.6) is 0 Å². The van der Waals surface area contributed by atoms with Crippen LogP contribution in [-0.4, -0.2) is 33.0 Å². The van der Waals surface area contributed by atoms with Crippen molar-refractivity contribution in [1.82, 2.24) is 14.7 Å². The number of hydrogen-bond acceptors (Lipinski definition) is 3. The molecule has 0 aliphatic carbocycles. The average molecular weight is 376 g/mol. The third-order valence-electron chi connectivity index (χ3n) is 4.51. The van der Waals surface area contributed by atoms with E-state index in [1.54, 1.807) is 18.0 Å². The zero-order chi connectivity index (χ0) is 19.9. The normalized spacial score (nSPS) is 10.5. The van der Waals surface area contributed by atoms with Gasteiger partial charge in [-0.05, 0) is 48.4 Å². The molecule has 1 N–H and O–H groups in total. The number of rotatable bonds is 7. The first-order chi connectivity index (χ1) is 13.5. The molecular weight excluding hydrogens is 352 g/mol. The summed E-state index contributed by atoms with van der Waals surface area (Å²) in [6, 6.07) is 16.9. The minimum atomic E-state index is -0.165. The molecule has 0 bridgehead atoms. The molecule has 1 aromatic heterocycles. The summed E-state index contributed by atoms with van der Waals surface area (Å²) in [4.78, 5) is 25.9. The van der Waals surface area contributed by atoms with Gasteiger partial charge in [-0.15, -0.1) is 0 Å². The number of hydrogen-bond donors (Lipinski definition) is 1. The van der Waals surface area contributed by atoms with Crippen molar-refractivity contribution >= 4 is 17.5 Å². The summed E-state index contributed by atoms with van der Waals surface area (Å²) < 4.78 is 1.83. The first kappa shape index (κ1) is 19.4. The van der Waals surface area contributed by atoms with Crippen molar-refractivity contribution in [2.75, 3.05) is 11.9 Å². The molecule has 3 rings (SSSR count). The Bertz CT molecular complexity index is 933. The Morgan fingerprint density at radius 3 is 2.50 bits per heavy atom. The summed E-state index contributed by atoms with van der Waals surface area (Å²) in [6.07, 6.45) is 3.64. The zero-order valence-corrected chi connectivity index (χ0v) is 16.1. The Morgan fingerprint density at radius 2 is 1.86 bits per heavy atom. The zero-order valence-electron chi connectivity index (χ0n) is 16.1. The summed E-state index contributed by atoms with van der Waals surface area (Å²) in [5.41, 5.74) is 3.35. The van der Waals surface area contributed by atoms with E-state index in [0.29, 0.717) is 30.9 Å². The van der Waals surface area contributed by atoms with Crippen LogP contribution in [0.4, 0.5) is 5.69 Å². The predicted octanol–water partition coefficient (Wildman–Crippen LogP) is 3.55. The molecule has 28 heavy (non-hydrogen) atoms. The van der Waals surface area contributed by atoms with Gasteiger partial charge in [-0.1, -0.05) is 24.3 Å². The van der Waals surface area contributed by atoms with Crippen LogP contribution in [0.1, 0.15) is 35.3 Å². The molecule has 0 aliphatic heterocycles. The van der Waals surface area contributed by atoms with Gasteiger partial charge in [0.1, 0.15) is 0 Å². The largest absolute Gasteiger partial charge is 0.339 e. The van der Waals surface area contributed by atoms with Crippen molar-refractivity contribution in [3.05, 3.63) is 83.7 Å². The highest BCUT2D eigenvalue weighted by Gasteiger charge is 2.09. The molecule has 0 spiro atoms. The second-order valence-electron chi connectivity index (χ2n) is 6.59. The second kappa shape index (κ2) is 8.99. The molecule has 2 aromatic carbocycles. The fourth-order valence-electron chi connectivity index (χ4n) is 2.96. The number of amides is 2. The maximum absolute atomic E-state index is 12.5. The lowest BCUT2D eigenvalue weighted by Gasteiger charge is -2.19.